The van der Waals surface area contributed by atoms with E-state index in [0.717, 1.165) is 17.7 Å². The predicted octanol–water partition coefficient (Wildman–Crippen LogP) is 4.92. The minimum absolute atomic E-state index is 0.189. The monoisotopic (exact) mass is 486 g/mol. The second-order valence-electron chi connectivity index (χ2n) is 6.53. The van der Waals surface area contributed by atoms with Gasteiger partial charge in [0.15, 0.2) is 0 Å². The molecular weight excluding hydrogens is 463 g/mol. The summed E-state index contributed by atoms with van der Waals surface area (Å²) in [6.07, 6.45) is 6.71. The molecule has 168 valence electrons. The lowest BCUT2D eigenvalue weighted by atomic mass is 10.1. The summed E-state index contributed by atoms with van der Waals surface area (Å²) in [5.41, 5.74) is 0.911. The van der Waals surface area contributed by atoms with E-state index in [-0.39, 0.29) is 6.10 Å². The Bertz CT molecular complexity index is 1010. The van der Waals surface area contributed by atoms with E-state index in [1.165, 1.54) is 0 Å². The molecule has 0 saturated heterocycles. The zero-order valence-corrected chi connectivity index (χ0v) is 19.2. The maximum absolute atomic E-state index is 9.19. The molecule has 3 aromatic rings. The highest BCUT2D eigenvalue weighted by Gasteiger charge is 2.16. The Morgan fingerprint density at radius 1 is 1.13 bits per heavy atom. The van der Waals surface area contributed by atoms with Gasteiger partial charge in [-0.25, -0.2) is 4.98 Å². The molecule has 0 fully saturated rings. The summed E-state index contributed by atoms with van der Waals surface area (Å²) in [4.78, 5) is 4.08. The van der Waals surface area contributed by atoms with E-state index in [9.17, 15) is 8.42 Å². The molecule has 1 aromatic heterocycles. The molecular formula is C21H24Cl2N2O5S. The summed E-state index contributed by atoms with van der Waals surface area (Å²) >= 11 is 12.4. The molecule has 1 heterocycles. The summed E-state index contributed by atoms with van der Waals surface area (Å²) in [6.45, 7) is 1.78. The first-order valence-corrected chi connectivity index (χ1v) is 12.0. The molecule has 0 spiro atoms. The maximum atomic E-state index is 9.19. The molecule has 0 amide bonds. The quantitative estimate of drug-likeness (QED) is 0.340. The van der Waals surface area contributed by atoms with Gasteiger partial charge in [-0.3, -0.25) is 4.55 Å². The van der Waals surface area contributed by atoms with Crippen molar-refractivity contribution in [1.29, 1.82) is 0 Å². The summed E-state index contributed by atoms with van der Waals surface area (Å²) in [6, 6.07) is 15.2. The standard InChI is InChI=1S/C20H20Cl2N2O2.CH4O3S/c21-16-7-8-18(19(22)13-16)20(14-24-10-9-23-15-24)26-12-4-11-25-17-5-2-1-3-6-17;1-5(2,3)4/h1-3,5-10,13,15,20H,4,11-12,14H2;1H3,(H,2,3,4). The lowest BCUT2D eigenvalue weighted by Crippen LogP contribution is -2.14. The van der Waals surface area contributed by atoms with Gasteiger partial charge < -0.3 is 14.0 Å². The largest absolute Gasteiger partial charge is 0.494 e. The molecule has 0 saturated carbocycles. The normalized spacial score (nSPS) is 12.0. The fraction of sp³-hybridized carbons (Fsp3) is 0.286. The lowest BCUT2D eigenvalue weighted by molar-refractivity contribution is 0.0337. The van der Waals surface area contributed by atoms with Crippen molar-refractivity contribution in [3.63, 3.8) is 0 Å². The summed E-state index contributed by atoms with van der Waals surface area (Å²) < 4.78 is 39.6. The van der Waals surface area contributed by atoms with Crippen LogP contribution in [0.4, 0.5) is 0 Å². The van der Waals surface area contributed by atoms with Crippen molar-refractivity contribution in [3.05, 3.63) is 82.9 Å². The molecule has 0 aliphatic carbocycles. The Kier molecular flexibility index (Phi) is 10.3. The van der Waals surface area contributed by atoms with Crippen molar-refractivity contribution in [2.45, 2.75) is 19.1 Å². The van der Waals surface area contributed by atoms with Crippen LogP contribution in [0, 0.1) is 0 Å². The second-order valence-corrected chi connectivity index (χ2v) is 8.84. The van der Waals surface area contributed by atoms with Gasteiger partial charge in [-0.05, 0) is 24.3 Å². The highest BCUT2D eigenvalue weighted by Crippen LogP contribution is 2.29. The van der Waals surface area contributed by atoms with Crippen LogP contribution in [0.15, 0.2) is 67.3 Å². The van der Waals surface area contributed by atoms with Crippen LogP contribution in [-0.4, -0.2) is 42.0 Å². The molecule has 1 N–H and O–H groups in total. The fourth-order valence-corrected chi connectivity index (χ4v) is 3.11. The minimum atomic E-state index is -3.67. The van der Waals surface area contributed by atoms with Gasteiger partial charge in [-0.2, -0.15) is 8.42 Å². The molecule has 0 aliphatic heterocycles. The van der Waals surface area contributed by atoms with Crippen LogP contribution in [0.25, 0.3) is 0 Å². The third kappa shape index (κ3) is 10.7. The Balaban J connectivity index is 0.000000614. The lowest BCUT2D eigenvalue weighted by Gasteiger charge is -2.20. The van der Waals surface area contributed by atoms with E-state index in [0.29, 0.717) is 36.1 Å². The van der Waals surface area contributed by atoms with Gasteiger partial charge in [-0.15, -0.1) is 0 Å². The van der Waals surface area contributed by atoms with E-state index in [4.69, 9.17) is 37.2 Å². The van der Waals surface area contributed by atoms with Crippen molar-refractivity contribution in [2.24, 2.45) is 0 Å². The van der Waals surface area contributed by atoms with Crippen LogP contribution in [0.5, 0.6) is 5.75 Å². The number of nitrogens with zero attached hydrogens (tertiary/aromatic N) is 2. The Labute approximate surface area is 192 Å². The van der Waals surface area contributed by atoms with Crippen LogP contribution in [-0.2, 0) is 21.4 Å². The van der Waals surface area contributed by atoms with Crippen molar-refractivity contribution in [1.82, 2.24) is 9.55 Å². The summed E-state index contributed by atoms with van der Waals surface area (Å²) in [5, 5.41) is 1.21. The summed E-state index contributed by atoms with van der Waals surface area (Å²) in [5.74, 6) is 0.864. The van der Waals surface area contributed by atoms with Crippen LogP contribution in [0.1, 0.15) is 18.1 Å². The number of hydrogen-bond acceptors (Lipinski definition) is 5. The van der Waals surface area contributed by atoms with E-state index >= 15 is 0 Å². The Hall–Kier alpha value is -2.10. The van der Waals surface area contributed by atoms with Gasteiger partial charge >= 0.3 is 0 Å². The van der Waals surface area contributed by atoms with Gasteiger partial charge in [0, 0.05) is 34.4 Å². The van der Waals surface area contributed by atoms with Crippen LogP contribution >= 0.6 is 23.2 Å². The van der Waals surface area contributed by atoms with Crippen LogP contribution in [0.2, 0.25) is 10.0 Å². The van der Waals surface area contributed by atoms with Crippen molar-refractivity contribution in [3.8, 4) is 5.75 Å². The average molecular weight is 487 g/mol. The topological polar surface area (TPSA) is 90.7 Å². The van der Waals surface area contributed by atoms with Crippen molar-refractivity contribution in [2.75, 3.05) is 19.5 Å². The molecule has 3 rings (SSSR count). The number of aromatic nitrogens is 2. The molecule has 1 atom stereocenters. The Morgan fingerprint density at radius 2 is 1.84 bits per heavy atom. The molecule has 0 bridgehead atoms. The zero-order valence-electron chi connectivity index (χ0n) is 16.9. The third-order valence-corrected chi connectivity index (χ3v) is 4.43. The van der Waals surface area contributed by atoms with Crippen LogP contribution < -0.4 is 4.74 Å². The number of halogens is 2. The predicted molar refractivity (Wildman–Crippen MR) is 121 cm³/mol. The molecule has 31 heavy (non-hydrogen) atoms. The van der Waals surface area contributed by atoms with E-state index in [2.05, 4.69) is 4.98 Å². The smallest absolute Gasteiger partial charge is 0.261 e. The Morgan fingerprint density at radius 3 is 2.45 bits per heavy atom. The fourth-order valence-electron chi connectivity index (χ4n) is 2.58. The highest BCUT2D eigenvalue weighted by atomic mass is 35.5. The molecule has 0 radical (unpaired) electrons. The highest BCUT2D eigenvalue weighted by molar-refractivity contribution is 7.85. The first-order chi connectivity index (χ1) is 14.7. The SMILES string of the molecule is CS(=O)(=O)O.Clc1ccc(C(Cn2ccnc2)OCCCOc2ccccc2)c(Cl)c1. The molecule has 10 heteroatoms. The van der Waals surface area contributed by atoms with Gasteiger partial charge in [0.25, 0.3) is 10.1 Å². The molecule has 0 aliphatic rings. The van der Waals surface area contributed by atoms with Gasteiger partial charge in [0.05, 0.1) is 32.3 Å². The van der Waals surface area contributed by atoms with Gasteiger partial charge in [0.1, 0.15) is 11.9 Å². The average Bonchev–Trinajstić information content (AvgIpc) is 3.20. The van der Waals surface area contributed by atoms with E-state index in [1.54, 1.807) is 18.6 Å². The number of para-hydroxylation sites is 1. The number of benzene rings is 2. The first kappa shape index (κ1) is 25.2. The van der Waals surface area contributed by atoms with Crippen molar-refractivity contribution >= 4 is 33.3 Å². The summed E-state index contributed by atoms with van der Waals surface area (Å²) in [7, 11) is -3.67. The van der Waals surface area contributed by atoms with E-state index in [1.807, 2.05) is 53.2 Å². The van der Waals surface area contributed by atoms with Crippen LogP contribution in [0.3, 0.4) is 0 Å². The molecule has 1 unspecified atom stereocenters. The minimum Gasteiger partial charge on any atom is -0.494 e. The van der Waals surface area contributed by atoms with Gasteiger partial charge in [0.2, 0.25) is 0 Å². The molecule has 7 nitrogen and oxygen atoms in total. The second kappa shape index (κ2) is 12.7. The first-order valence-electron chi connectivity index (χ1n) is 9.35. The third-order valence-electron chi connectivity index (χ3n) is 3.86. The molecule has 2 aromatic carbocycles. The van der Waals surface area contributed by atoms with E-state index < -0.39 is 10.1 Å². The number of ether oxygens (including phenoxy) is 2. The van der Waals surface area contributed by atoms with Crippen molar-refractivity contribution < 1.29 is 22.4 Å². The number of rotatable bonds is 9. The maximum Gasteiger partial charge on any atom is 0.261 e. The number of imidazole rings is 1. The number of hydrogen-bond donors (Lipinski definition) is 1. The zero-order chi connectivity index (χ0) is 22.7. The van der Waals surface area contributed by atoms with Gasteiger partial charge in [-0.1, -0.05) is 47.5 Å².